The summed E-state index contributed by atoms with van der Waals surface area (Å²) in [6, 6.07) is 14.0. The standard InChI is InChI=1S/C21H21N3O3/c1-4-27-21(26)16-7-9-18(10-8-16)24-20(25)17(12-22)13-23-19-11-14(2)5-6-15(19)3/h5-11,13,23H,4H2,1-3H3,(H,24,25)/b17-13-. The summed E-state index contributed by atoms with van der Waals surface area (Å²) in [6.45, 7) is 5.93. The van der Waals surface area contributed by atoms with Crippen molar-refractivity contribution in [1.82, 2.24) is 0 Å². The Morgan fingerprint density at radius 1 is 1.15 bits per heavy atom. The van der Waals surface area contributed by atoms with Crippen LogP contribution in [-0.4, -0.2) is 18.5 Å². The maximum atomic E-state index is 12.3. The van der Waals surface area contributed by atoms with E-state index in [1.54, 1.807) is 31.2 Å². The Bertz CT molecular complexity index is 909. The van der Waals surface area contributed by atoms with Gasteiger partial charge >= 0.3 is 5.97 Å². The van der Waals surface area contributed by atoms with Gasteiger partial charge in [-0.15, -0.1) is 0 Å². The third kappa shape index (κ3) is 5.44. The van der Waals surface area contributed by atoms with Crippen LogP contribution in [-0.2, 0) is 9.53 Å². The van der Waals surface area contributed by atoms with Gasteiger partial charge in [-0.05, 0) is 62.2 Å². The van der Waals surface area contributed by atoms with Gasteiger partial charge in [-0.25, -0.2) is 4.79 Å². The zero-order valence-corrected chi connectivity index (χ0v) is 15.5. The summed E-state index contributed by atoms with van der Waals surface area (Å²) in [5.41, 5.74) is 3.70. The fraction of sp³-hybridized carbons (Fsp3) is 0.190. The number of ether oxygens (including phenoxy) is 1. The molecule has 0 aliphatic heterocycles. The van der Waals surface area contributed by atoms with Gasteiger partial charge in [0, 0.05) is 17.6 Å². The van der Waals surface area contributed by atoms with E-state index in [0.717, 1.165) is 16.8 Å². The highest BCUT2D eigenvalue weighted by atomic mass is 16.5. The van der Waals surface area contributed by atoms with Crippen molar-refractivity contribution in [3.05, 3.63) is 70.9 Å². The fourth-order valence-corrected chi connectivity index (χ4v) is 2.29. The van der Waals surface area contributed by atoms with Crippen LogP contribution in [0.5, 0.6) is 0 Å². The van der Waals surface area contributed by atoms with Crippen molar-refractivity contribution in [2.45, 2.75) is 20.8 Å². The monoisotopic (exact) mass is 363 g/mol. The van der Waals surface area contributed by atoms with Crippen LogP contribution in [0.15, 0.2) is 54.2 Å². The lowest BCUT2D eigenvalue weighted by Gasteiger charge is -2.08. The van der Waals surface area contributed by atoms with E-state index in [2.05, 4.69) is 10.6 Å². The fourth-order valence-electron chi connectivity index (χ4n) is 2.29. The molecular formula is C21H21N3O3. The molecule has 2 aromatic carbocycles. The number of nitrogens with one attached hydrogen (secondary N) is 2. The maximum Gasteiger partial charge on any atom is 0.338 e. The quantitative estimate of drug-likeness (QED) is 0.461. The van der Waals surface area contributed by atoms with Crippen LogP contribution in [0.2, 0.25) is 0 Å². The van der Waals surface area contributed by atoms with Gasteiger partial charge in [-0.3, -0.25) is 4.79 Å². The van der Waals surface area contributed by atoms with Crippen molar-refractivity contribution in [2.24, 2.45) is 0 Å². The average molecular weight is 363 g/mol. The first-order valence-corrected chi connectivity index (χ1v) is 8.47. The average Bonchev–Trinajstić information content (AvgIpc) is 2.65. The summed E-state index contributed by atoms with van der Waals surface area (Å²) >= 11 is 0. The molecule has 2 aromatic rings. The summed E-state index contributed by atoms with van der Waals surface area (Å²) < 4.78 is 4.91. The molecule has 0 bridgehead atoms. The summed E-state index contributed by atoms with van der Waals surface area (Å²) in [7, 11) is 0. The van der Waals surface area contributed by atoms with Gasteiger partial charge in [0.2, 0.25) is 0 Å². The molecule has 1 amide bonds. The molecular weight excluding hydrogens is 342 g/mol. The lowest BCUT2D eigenvalue weighted by Crippen LogP contribution is -2.15. The Kier molecular flexibility index (Phi) is 6.73. The second-order valence-corrected chi connectivity index (χ2v) is 5.88. The Balaban J connectivity index is 2.07. The summed E-state index contributed by atoms with van der Waals surface area (Å²) in [6.07, 6.45) is 1.38. The van der Waals surface area contributed by atoms with E-state index in [9.17, 15) is 14.9 Å². The molecule has 0 spiro atoms. The molecule has 0 aromatic heterocycles. The van der Waals surface area contributed by atoms with Crippen LogP contribution in [0.25, 0.3) is 0 Å². The Morgan fingerprint density at radius 2 is 1.85 bits per heavy atom. The molecule has 6 heteroatoms. The first kappa shape index (κ1) is 19.7. The number of carbonyl (C=O) groups is 2. The number of aryl methyl sites for hydroxylation is 2. The van der Waals surface area contributed by atoms with Crippen molar-refractivity contribution in [1.29, 1.82) is 5.26 Å². The molecule has 0 atom stereocenters. The molecule has 0 fully saturated rings. The van der Waals surface area contributed by atoms with Gasteiger partial charge in [0.05, 0.1) is 12.2 Å². The molecule has 0 saturated heterocycles. The van der Waals surface area contributed by atoms with Crippen LogP contribution >= 0.6 is 0 Å². The third-order valence-corrected chi connectivity index (χ3v) is 3.78. The van der Waals surface area contributed by atoms with Crippen LogP contribution in [0, 0.1) is 25.2 Å². The molecule has 6 nitrogen and oxygen atoms in total. The van der Waals surface area contributed by atoms with E-state index in [1.807, 2.05) is 38.1 Å². The van der Waals surface area contributed by atoms with Gasteiger partial charge in [0.15, 0.2) is 0 Å². The number of benzene rings is 2. The number of hydrogen-bond donors (Lipinski definition) is 2. The first-order chi connectivity index (χ1) is 12.9. The highest BCUT2D eigenvalue weighted by molar-refractivity contribution is 6.06. The Hall–Kier alpha value is -3.59. The predicted molar refractivity (Wildman–Crippen MR) is 104 cm³/mol. The van der Waals surface area contributed by atoms with Gasteiger partial charge in [0.1, 0.15) is 11.6 Å². The zero-order valence-electron chi connectivity index (χ0n) is 15.5. The number of nitrogens with zero attached hydrogens (tertiary/aromatic N) is 1. The maximum absolute atomic E-state index is 12.3. The Labute approximate surface area is 158 Å². The molecule has 0 radical (unpaired) electrons. The molecule has 2 N–H and O–H groups in total. The van der Waals surface area contributed by atoms with Crippen molar-refractivity contribution in [2.75, 3.05) is 17.2 Å². The number of carbonyl (C=O) groups excluding carboxylic acids is 2. The third-order valence-electron chi connectivity index (χ3n) is 3.78. The minimum atomic E-state index is -0.542. The minimum Gasteiger partial charge on any atom is -0.462 e. The summed E-state index contributed by atoms with van der Waals surface area (Å²) in [5, 5.41) is 14.9. The molecule has 27 heavy (non-hydrogen) atoms. The van der Waals surface area contributed by atoms with E-state index >= 15 is 0 Å². The van der Waals surface area contributed by atoms with Gasteiger partial charge in [0.25, 0.3) is 5.91 Å². The van der Waals surface area contributed by atoms with Crippen LogP contribution < -0.4 is 10.6 Å². The smallest absolute Gasteiger partial charge is 0.338 e. The minimum absolute atomic E-state index is 0.0645. The zero-order chi connectivity index (χ0) is 19.8. The molecule has 138 valence electrons. The number of anilines is 2. The largest absolute Gasteiger partial charge is 0.462 e. The van der Waals surface area contributed by atoms with E-state index < -0.39 is 11.9 Å². The lowest BCUT2D eigenvalue weighted by atomic mass is 10.1. The number of nitriles is 1. The van der Waals surface area contributed by atoms with E-state index in [-0.39, 0.29) is 5.57 Å². The first-order valence-electron chi connectivity index (χ1n) is 8.47. The summed E-state index contributed by atoms with van der Waals surface area (Å²) in [5.74, 6) is -0.968. The van der Waals surface area contributed by atoms with Crippen molar-refractivity contribution in [3.8, 4) is 6.07 Å². The molecule has 0 heterocycles. The van der Waals surface area contributed by atoms with Crippen molar-refractivity contribution < 1.29 is 14.3 Å². The topological polar surface area (TPSA) is 91.2 Å². The predicted octanol–water partition coefficient (Wildman–Crippen LogP) is 3.94. The normalized spacial score (nSPS) is 10.7. The van der Waals surface area contributed by atoms with Crippen LogP contribution in [0.1, 0.15) is 28.4 Å². The van der Waals surface area contributed by atoms with Gasteiger partial charge < -0.3 is 15.4 Å². The molecule has 0 aliphatic rings. The highest BCUT2D eigenvalue weighted by Gasteiger charge is 2.11. The number of rotatable bonds is 6. The molecule has 0 aliphatic carbocycles. The van der Waals surface area contributed by atoms with Crippen molar-refractivity contribution in [3.63, 3.8) is 0 Å². The van der Waals surface area contributed by atoms with E-state index in [4.69, 9.17) is 4.74 Å². The lowest BCUT2D eigenvalue weighted by molar-refractivity contribution is -0.112. The molecule has 0 unspecified atom stereocenters. The number of esters is 1. The van der Waals surface area contributed by atoms with Crippen molar-refractivity contribution >= 4 is 23.3 Å². The molecule has 2 rings (SSSR count). The highest BCUT2D eigenvalue weighted by Crippen LogP contribution is 2.17. The molecule has 0 saturated carbocycles. The SMILES string of the molecule is CCOC(=O)c1ccc(NC(=O)/C(C#N)=C\Nc2cc(C)ccc2C)cc1. The van der Waals surface area contributed by atoms with E-state index in [0.29, 0.717) is 17.9 Å². The number of amides is 1. The van der Waals surface area contributed by atoms with Crippen LogP contribution in [0.3, 0.4) is 0 Å². The Morgan fingerprint density at radius 3 is 2.48 bits per heavy atom. The van der Waals surface area contributed by atoms with Gasteiger partial charge in [-0.1, -0.05) is 12.1 Å². The second-order valence-electron chi connectivity index (χ2n) is 5.88. The van der Waals surface area contributed by atoms with E-state index in [1.165, 1.54) is 6.20 Å². The second kappa shape index (κ2) is 9.20. The summed E-state index contributed by atoms with van der Waals surface area (Å²) in [4.78, 5) is 23.9. The number of hydrogen-bond acceptors (Lipinski definition) is 5. The van der Waals surface area contributed by atoms with Gasteiger partial charge in [-0.2, -0.15) is 5.26 Å². The van der Waals surface area contributed by atoms with Crippen LogP contribution in [0.4, 0.5) is 11.4 Å².